The van der Waals surface area contributed by atoms with Crippen LogP contribution in [0.4, 0.5) is 0 Å². The molecular weight excluding hydrogens is 399 g/mol. The van der Waals surface area contributed by atoms with Crippen LogP contribution in [-0.2, 0) is 4.79 Å². The first-order valence-corrected chi connectivity index (χ1v) is 8.70. The number of carboxylic acids is 1. The summed E-state index contributed by atoms with van der Waals surface area (Å²) in [5.74, 6) is -1.07. The van der Waals surface area contributed by atoms with Crippen molar-refractivity contribution in [1.82, 2.24) is 10.2 Å². The number of rotatable bonds is 5. The van der Waals surface area contributed by atoms with Gasteiger partial charge in [-0.15, -0.1) is 10.2 Å². The summed E-state index contributed by atoms with van der Waals surface area (Å²) in [5, 5.41) is 28.0. The summed E-state index contributed by atoms with van der Waals surface area (Å²) < 4.78 is 5.49. The number of nitrogens with zero attached hydrogens (tertiary/aromatic N) is 2. The van der Waals surface area contributed by atoms with E-state index in [0.29, 0.717) is 15.6 Å². The van der Waals surface area contributed by atoms with Crippen molar-refractivity contribution in [3.05, 3.63) is 63.0 Å². The van der Waals surface area contributed by atoms with Gasteiger partial charge in [0.25, 0.3) is 5.22 Å². The first kappa shape index (κ1) is 18.3. The van der Waals surface area contributed by atoms with Crippen LogP contribution in [0, 0.1) is 0 Å². The van der Waals surface area contributed by atoms with Gasteiger partial charge in [0.15, 0.2) is 0 Å². The third kappa shape index (κ3) is 4.37. The maximum Gasteiger partial charge on any atom is 0.342 e. The molecule has 0 saturated carbocycles. The van der Waals surface area contributed by atoms with Crippen LogP contribution in [0.1, 0.15) is 5.56 Å². The number of carboxylic acid groups (broad SMARTS) is 1. The summed E-state index contributed by atoms with van der Waals surface area (Å²) in [7, 11) is 0. The second-order valence-electron chi connectivity index (χ2n) is 5.00. The van der Waals surface area contributed by atoms with Gasteiger partial charge in [-0.2, -0.15) is 0 Å². The molecule has 0 fully saturated rings. The van der Waals surface area contributed by atoms with E-state index in [2.05, 4.69) is 10.2 Å². The molecule has 132 valence electrons. The van der Waals surface area contributed by atoms with Crippen molar-refractivity contribution in [3.8, 4) is 17.2 Å². The summed E-state index contributed by atoms with van der Waals surface area (Å²) in [6.45, 7) is 0. The molecule has 0 radical (unpaired) electrons. The Balaban J connectivity index is 1.87. The van der Waals surface area contributed by atoms with Crippen LogP contribution in [0.5, 0.6) is 5.75 Å². The van der Waals surface area contributed by atoms with Gasteiger partial charge >= 0.3 is 5.97 Å². The Morgan fingerprint density at radius 2 is 1.77 bits per heavy atom. The van der Waals surface area contributed by atoms with Gasteiger partial charge in [-0.05, 0) is 60.3 Å². The van der Waals surface area contributed by atoms with E-state index in [9.17, 15) is 15.0 Å². The van der Waals surface area contributed by atoms with Crippen LogP contribution < -0.4 is 0 Å². The third-order valence-corrected chi connectivity index (χ3v) is 4.52. The molecular formula is C17H10Cl2N2O4S. The predicted octanol–water partition coefficient (Wildman–Crippen LogP) is 4.97. The number of hydrogen-bond acceptors (Lipinski definition) is 6. The number of phenolic OH excluding ortho intramolecular Hbond substituents is 1. The van der Waals surface area contributed by atoms with Crippen LogP contribution in [0.2, 0.25) is 10.0 Å². The average molecular weight is 409 g/mol. The van der Waals surface area contributed by atoms with Crippen LogP contribution in [0.3, 0.4) is 0 Å². The summed E-state index contributed by atoms with van der Waals surface area (Å²) in [6.07, 6.45) is 1.28. The van der Waals surface area contributed by atoms with Crippen molar-refractivity contribution in [2.45, 2.75) is 5.22 Å². The van der Waals surface area contributed by atoms with E-state index in [1.807, 2.05) is 0 Å². The zero-order valence-corrected chi connectivity index (χ0v) is 15.2. The second kappa shape index (κ2) is 7.82. The molecule has 3 aromatic rings. The van der Waals surface area contributed by atoms with Gasteiger partial charge in [0.2, 0.25) is 5.89 Å². The number of aromatic nitrogens is 2. The monoisotopic (exact) mass is 408 g/mol. The van der Waals surface area contributed by atoms with Gasteiger partial charge in [-0.25, -0.2) is 4.79 Å². The molecule has 0 bridgehead atoms. The highest BCUT2D eigenvalue weighted by molar-refractivity contribution is 8.03. The molecule has 0 aliphatic carbocycles. The summed E-state index contributed by atoms with van der Waals surface area (Å²) in [6, 6.07) is 11.1. The number of carbonyl (C=O) groups is 1. The number of phenols is 1. The van der Waals surface area contributed by atoms with E-state index in [1.165, 1.54) is 24.3 Å². The Kier molecular flexibility index (Phi) is 5.51. The fraction of sp³-hybridized carbons (Fsp3) is 0. The molecule has 0 aliphatic heterocycles. The van der Waals surface area contributed by atoms with Gasteiger partial charge in [-0.1, -0.05) is 23.2 Å². The molecule has 0 unspecified atom stereocenters. The number of aliphatic carboxylic acids is 1. The van der Waals surface area contributed by atoms with Gasteiger partial charge in [0.05, 0.1) is 0 Å². The standard InChI is InChI=1S/C17H10Cl2N2O4S/c18-11-3-1-9(2-4-11)15-20-21-17(25-15)26-14(16(23)24)8-10-7-12(19)5-6-13(10)22/h1-8,22H,(H,23,24)/b14-8-. The Morgan fingerprint density at radius 1 is 1.08 bits per heavy atom. The van der Waals surface area contributed by atoms with Crippen molar-refractivity contribution in [2.24, 2.45) is 0 Å². The van der Waals surface area contributed by atoms with E-state index in [4.69, 9.17) is 27.6 Å². The average Bonchev–Trinajstić information content (AvgIpc) is 3.06. The second-order valence-corrected chi connectivity index (χ2v) is 6.87. The lowest BCUT2D eigenvalue weighted by molar-refractivity contribution is -0.131. The molecule has 1 aromatic heterocycles. The fourth-order valence-electron chi connectivity index (χ4n) is 1.97. The molecule has 9 heteroatoms. The number of aromatic hydroxyl groups is 1. The van der Waals surface area contributed by atoms with Crippen molar-refractivity contribution in [1.29, 1.82) is 0 Å². The van der Waals surface area contributed by atoms with Crippen LogP contribution in [-0.4, -0.2) is 26.4 Å². The van der Waals surface area contributed by atoms with E-state index in [1.54, 1.807) is 24.3 Å². The number of halogens is 2. The van der Waals surface area contributed by atoms with Gasteiger partial charge < -0.3 is 14.6 Å². The van der Waals surface area contributed by atoms with Crippen LogP contribution in [0.15, 0.2) is 57.0 Å². The lowest BCUT2D eigenvalue weighted by atomic mass is 10.2. The molecule has 6 nitrogen and oxygen atoms in total. The van der Waals surface area contributed by atoms with E-state index < -0.39 is 5.97 Å². The minimum Gasteiger partial charge on any atom is -0.507 e. The third-order valence-electron chi connectivity index (χ3n) is 3.18. The Hall–Kier alpha value is -2.48. The molecule has 0 spiro atoms. The van der Waals surface area contributed by atoms with Crippen molar-refractivity contribution in [3.63, 3.8) is 0 Å². The van der Waals surface area contributed by atoms with Gasteiger partial charge in [-0.3, -0.25) is 0 Å². The molecule has 2 aromatic carbocycles. The molecule has 1 heterocycles. The minimum atomic E-state index is -1.21. The minimum absolute atomic E-state index is 0.0464. The highest BCUT2D eigenvalue weighted by Gasteiger charge is 2.17. The number of hydrogen-bond donors (Lipinski definition) is 2. The van der Waals surface area contributed by atoms with Gasteiger partial charge in [0.1, 0.15) is 10.7 Å². The summed E-state index contributed by atoms with van der Waals surface area (Å²) in [5.41, 5.74) is 0.918. The lowest BCUT2D eigenvalue weighted by Crippen LogP contribution is -1.97. The highest BCUT2D eigenvalue weighted by atomic mass is 35.5. The molecule has 0 aliphatic rings. The Morgan fingerprint density at radius 3 is 2.46 bits per heavy atom. The Bertz CT molecular complexity index is 987. The highest BCUT2D eigenvalue weighted by Crippen LogP contribution is 2.32. The quantitative estimate of drug-likeness (QED) is 0.454. The number of benzene rings is 2. The fourth-order valence-corrected chi connectivity index (χ4v) is 2.94. The maximum atomic E-state index is 11.5. The van der Waals surface area contributed by atoms with Crippen molar-refractivity contribution >= 4 is 47.0 Å². The van der Waals surface area contributed by atoms with E-state index in [0.717, 1.165) is 11.8 Å². The first-order chi connectivity index (χ1) is 12.4. The zero-order valence-electron chi connectivity index (χ0n) is 12.9. The van der Waals surface area contributed by atoms with Crippen LogP contribution in [0.25, 0.3) is 17.5 Å². The van der Waals surface area contributed by atoms with Crippen molar-refractivity contribution in [2.75, 3.05) is 0 Å². The van der Waals surface area contributed by atoms with Gasteiger partial charge in [0, 0.05) is 21.2 Å². The predicted molar refractivity (Wildman–Crippen MR) is 99.3 cm³/mol. The van der Waals surface area contributed by atoms with E-state index in [-0.39, 0.29) is 27.3 Å². The normalized spacial score (nSPS) is 11.5. The molecule has 0 atom stereocenters. The molecule has 3 rings (SSSR count). The summed E-state index contributed by atoms with van der Waals surface area (Å²) >= 11 is 12.5. The molecule has 26 heavy (non-hydrogen) atoms. The Labute approximate surface area is 162 Å². The van der Waals surface area contributed by atoms with Crippen LogP contribution >= 0.6 is 35.0 Å². The summed E-state index contributed by atoms with van der Waals surface area (Å²) in [4.78, 5) is 11.4. The van der Waals surface area contributed by atoms with Crippen molar-refractivity contribution < 1.29 is 19.4 Å². The number of thioether (sulfide) groups is 1. The first-order valence-electron chi connectivity index (χ1n) is 7.13. The lowest BCUT2D eigenvalue weighted by Gasteiger charge is -2.02. The zero-order chi connectivity index (χ0) is 18.7. The topological polar surface area (TPSA) is 96.5 Å². The molecule has 0 amide bonds. The maximum absolute atomic E-state index is 11.5. The SMILES string of the molecule is O=C(O)/C(=C/c1cc(Cl)ccc1O)Sc1nnc(-c2ccc(Cl)cc2)o1. The molecule has 2 N–H and O–H groups in total. The largest absolute Gasteiger partial charge is 0.507 e. The van der Waals surface area contributed by atoms with E-state index >= 15 is 0 Å². The molecule has 0 saturated heterocycles. The smallest absolute Gasteiger partial charge is 0.342 e.